The van der Waals surface area contributed by atoms with Gasteiger partial charge in [0.05, 0.1) is 25.4 Å². The molecule has 1 spiro atoms. The summed E-state index contributed by atoms with van der Waals surface area (Å²) in [7, 11) is 1.64. The number of ether oxygens (including phenoxy) is 1. The van der Waals surface area contributed by atoms with Crippen molar-refractivity contribution in [1.82, 2.24) is 15.5 Å². The Bertz CT molecular complexity index is 1510. The summed E-state index contributed by atoms with van der Waals surface area (Å²) in [6.07, 6.45) is 9.28. The molecule has 0 bridgehead atoms. The molecule has 3 amide bonds. The molecule has 3 fully saturated rings. The van der Waals surface area contributed by atoms with Crippen LogP contribution in [-0.4, -0.2) is 77.3 Å². The molecular weight excluding hydrogens is 648 g/mol. The van der Waals surface area contributed by atoms with Crippen LogP contribution in [0.5, 0.6) is 5.75 Å². The standard InChI is InChI=1S/C40H58N4O7/c1-8-12-29(34(47)32(45)19-27-15-16-27)41-37(48)31-22-40(21-30(43-51-40)28-17-24(2)35(50-7)25(3)18-28)23-44(31)38(49)36(39(4,5)6)42-33(46)20-26-13-10-9-11-14-26/h17-18,26-27,29,31,36H,8-16,19-23H2,1-7H3,(H,41,48)(H,42,46)/t29-,31-,36+,40+/m0/s1. The number of likely N-dealkylation sites (tertiary alicyclic amines) is 1. The highest BCUT2D eigenvalue weighted by Gasteiger charge is 2.55. The maximum absolute atomic E-state index is 14.7. The molecule has 1 saturated heterocycles. The molecule has 11 nitrogen and oxygen atoms in total. The maximum Gasteiger partial charge on any atom is 0.246 e. The van der Waals surface area contributed by atoms with Gasteiger partial charge in [-0.15, -0.1) is 0 Å². The molecule has 2 aliphatic heterocycles. The van der Waals surface area contributed by atoms with Crippen molar-refractivity contribution in [3.63, 3.8) is 0 Å². The fourth-order valence-corrected chi connectivity index (χ4v) is 8.12. The highest BCUT2D eigenvalue weighted by molar-refractivity contribution is 6.39. The Kier molecular flexibility index (Phi) is 12.0. The second-order valence-corrected chi connectivity index (χ2v) is 16.7. The molecule has 280 valence electrons. The van der Waals surface area contributed by atoms with Crippen molar-refractivity contribution >= 4 is 35.0 Å². The Morgan fingerprint density at radius 2 is 1.63 bits per heavy atom. The lowest BCUT2D eigenvalue weighted by atomic mass is 9.84. The maximum atomic E-state index is 14.7. The molecule has 4 atom stereocenters. The summed E-state index contributed by atoms with van der Waals surface area (Å²) >= 11 is 0. The quantitative estimate of drug-likeness (QED) is 0.243. The third kappa shape index (κ3) is 9.19. The van der Waals surface area contributed by atoms with Crippen LogP contribution in [0.1, 0.15) is 128 Å². The van der Waals surface area contributed by atoms with Crippen molar-refractivity contribution in [2.75, 3.05) is 13.7 Å². The number of rotatable bonds is 14. The van der Waals surface area contributed by atoms with Crippen molar-refractivity contribution in [2.24, 2.45) is 22.4 Å². The third-order valence-corrected chi connectivity index (χ3v) is 11.1. The van der Waals surface area contributed by atoms with Gasteiger partial charge in [0, 0.05) is 31.2 Å². The predicted octanol–water partition coefficient (Wildman–Crippen LogP) is 5.50. The summed E-state index contributed by atoms with van der Waals surface area (Å²) in [4.78, 5) is 76.2. The lowest BCUT2D eigenvalue weighted by Crippen LogP contribution is -2.59. The Morgan fingerprint density at radius 1 is 0.980 bits per heavy atom. The molecule has 51 heavy (non-hydrogen) atoms. The first-order valence-corrected chi connectivity index (χ1v) is 19.0. The van der Waals surface area contributed by atoms with Crippen LogP contribution >= 0.6 is 0 Å². The molecule has 2 saturated carbocycles. The number of carbonyl (C=O) groups excluding carboxylic acids is 5. The van der Waals surface area contributed by atoms with E-state index in [4.69, 9.17) is 9.57 Å². The number of hydrogen-bond acceptors (Lipinski definition) is 8. The van der Waals surface area contributed by atoms with Crippen molar-refractivity contribution in [2.45, 2.75) is 149 Å². The number of amides is 3. The Morgan fingerprint density at radius 3 is 2.22 bits per heavy atom. The van der Waals surface area contributed by atoms with Gasteiger partial charge in [-0.25, -0.2) is 0 Å². The number of nitrogens with zero attached hydrogens (tertiary/aromatic N) is 2. The molecule has 2 N–H and O–H groups in total. The predicted molar refractivity (Wildman–Crippen MR) is 194 cm³/mol. The first-order valence-electron chi connectivity index (χ1n) is 19.0. The van der Waals surface area contributed by atoms with Crippen LogP contribution in [-0.2, 0) is 28.8 Å². The van der Waals surface area contributed by atoms with E-state index in [0.29, 0.717) is 37.3 Å². The number of Topliss-reactive ketones (excluding diaryl/α,β-unsaturated/α-hetero) is 2. The van der Waals surface area contributed by atoms with Crippen molar-refractivity contribution in [1.29, 1.82) is 0 Å². The minimum absolute atomic E-state index is 0.0725. The van der Waals surface area contributed by atoms with Crippen molar-refractivity contribution < 1.29 is 33.5 Å². The minimum Gasteiger partial charge on any atom is -0.496 e. The molecule has 1 aromatic rings. The van der Waals surface area contributed by atoms with E-state index >= 15 is 0 Å². The number of oxime groups is 1. The monoisotopic (exact) mass is 706 g/mol. The summed E-state index contributed by atoms with van der Waals surface area (Å²) in [6.45, 7) is 11.6. The molecule has 0 aromatic heterocycles. The van der Waals surface area contributed by atoms with Crippen LogP contribution in [0.2, 0.25) is 0 Å². The average molecular weight is 707 g/mol. The zero-order chi connectivity index (χ0) is 37.1. The van der Waals surface area contributed by atoms with Gasteiger partial charge in [0.15, 0.2) is 5.60 Å². The number of carbonyl (C=O) groups is 5. The summed E-state index contributed by atoms with van der Waals surface area (Å²) in [5, 5.41) is 10.4. The van der Waals surface area contributed by atoms with Crippen LogP contribution in [0.3, 0.4) is 0 Å². The van der Waals surface area contributed by atoms with Crippen molar-refractivity contribution in [3.8, 4) is 5.75 Å². The highest BCUT2D eigenvalue weighted by Crippen LogP contribution is 2.41. The number of aryl methyl sites for hydroxylation is 2. The van der Waals surface area contributed by atoms with E-state index in [2.05, 4.69) is 15.8 Å². The summed E-state index contributed by atoms with van der Waals surface area (Å²) in [5.41, 5.74) is 1.83. The van der Waals surface area contributed by atoms with E-state index in [1.807, 2.05) is 53.7 Å². The first-order chi connectivity index (χ1) is 24.1. The van der Waals surface area contributed by atoms with E-state index < -0.39 is 46.6 Å². The van der Waals surface area contributed by atoms with E-state index in [-0.39, 0.29) is 37.1 Å². The van der Waals surface area contributed by atoms with E-state index in [1.165, 1.54) is 11.3 Å². The van der Waals surface area contributed by atoms with Gasteiger partial charge in [-0.1, -0.05) is 58.5 Å². The lowest BCUT2D eigenvalue weighted by molar-refractivity contribution is -0.145. The molecule has 0 unspecified atom stereocenters. The summed E-state index contributed by atoms with van der Waals surface area (Å²) in [5.74, 6) is -0.758. The Labute approximate surface area is 303 Å². The third-order valence-electron chi connectivity index (χ3n) is 11.1. The SMILES string of the molecule is CCC[C@H](NC(=O)[C@@H]1C[C@]2(CC(c3cc(C)c(OC)c(C)c3)=NO2)CN1C(=O)[C@@H](NC(=O)CC1CCCCC1)C(C)(C)C)C(=O)C(=O)CC1CC1. The molecular formula is C40H58N4O7. The Balaban J connectivity index is 1.40. The van der Waals surface area contributed by atoms with Gasteiger partial charge in [0.25, 0.3) is 0 Å². The largest absolute Gasteiger partial charge is 0.496 e. The van der Waals surface area contributed by atoms with E-state index in [1.54, 1.807) is 7.11 Å². The number of benzene rings is 1. The van der Waals surface area contributed by atoms with Gasteiger partial charge in [0.1, 0.15) is 17.8 Å². The number of methoxy groups -OCH3 is 1. The van der Waals surface area contributed by atoms with Gasteiger partial charge >= 0.3 is 0 Å². The normalized spacial score (nSPS) is 23.3. The van der Waals surface area contributed by atoms with Crippen LogP contribution in [0, 0.1) is 31.1 Å². The zero-order valence-electron chi connectivity index (χ0n) is 31.7. The Hall–Kier alpha value is -3.76. The number of ketones is 2. The smallest absolute Gasteiger partial charge is 0.246 e. The fourth-order valence-electron chi connectivity index (χ4n) is 8.12. The van der Waals surface area contributed by atoms with Gasteiger partial charge in [-0.05, 0) is 86.5 Å². The summed E-state index contributed by atoms with van der Waals surface area (Å²) in [6, 6.07) is 1.11. The molecule has 5 rings (SSSR count). The lowest BCUT2D eigenvalue weighted by Gasteiger charge is -2.36. The van der Waals surface area contributed by atoms with Gasteiger partial charge in [-0.3, -0.25) is 24.0 Å². The highest BCUT2D eigenvalue weighted by atomic mass is 16.7. The van der Waals surface area contributed by atoms with Crippen molar-refractivity contribution in [3.05, 3.63) is 28.8 Å². The molecule has 2 heterocycles. The molecule has 2 aliphatic carbocycles. The van der Waals surface area contributed by atoms with Crippen LogP contribution in [0.15, 0.2) is 17.3 Å². The molecule has 0 radical (unpaired) electrons. The molecule has 4 aliphatic rings. The van der Waals surface area contributed by atoms with Crippen LogP contribution < -0.4 is 15.4 Å². The van der Waals surface area contributed by atoms with E-state index in [0.717, 1.165) is 61.0 Å². The average Bonchev–Trinajstić information content (AvgIpc) is 3.67. The number of nitrogens with one attached hydrogen (secondary N) is 2. The second-order valence-electron chi connectivity index (χ2n) is 16.7. The van der Waals surface area contributed by atoms with Gasteiger partial charge in [0.2, 0.25) is 29.3 Å². The summed E-state index contributed by atoms with van der Waals surface area (Å²) < 4.78 is 5.55. The van der Waals surface area contributed by atoms with Gasteiger partial charge < -0.3 is 25.1 Å². The first kappa shape index (κ1) is 38.5. The van der Waals surface area contributed by atoms with Crippen LogP contribution in [0.4, 0.5) is 0 Å². The number of hydrogen-bond donors (Lipinski definition) is 2. The van der Waals surface area contributed by atoms with Gasteiger partial charge in [-0.2, -0.15) is 0 Å². The second kappa shape index (κ2) is 15.9. The van der Waals surface area contributed by atoms with E-state index in [9.17, 15) is 24.0 Å². The van der Waals surface area contributed by atoms with Crippen LogP contribution in [0.25, 0.3) is 0 Å². The molecule has 11 heteroatoms. The molecule has 1 aromatic carbocycles. The fraction of sp³-hybridized carbons (Fsp3) is 0.700. The topological polar surface area (TPSA) is 143 Å². The minimum atomic E-state index is -1.00. The zero-order valence-corrected chi connectivity index (χ0v) is 31.7.